The maximum absolute atomic E-state index is 13.5. The number of benzene rings is 2. The van der Waals surface area contributed by atoms with Gasteiger partial charge in [-0.3, -0.25) is 0 Å². The van der Waals surface area contributed by atoms with Crippen molar-refractivity contribution in [2.24, 2.45) is 23.7 Å². The first kappa shape index (κ1) is 51.0. The van der Waals surface area contributed by atoms with E-state index >= 15 is 0 Å². The van der Waals surface area contributed by atoms with Crippen molar-refractivity contribution in [1.29, 1.82) is 0 Å². The minimum absolute atomic E-state index is 0.0103. The molecule has 0 unspecified atom stereocenters. The highest BCUT2D eigenvalue weighted by atomic mass is 16.6. The molecule has 0 amide bonds. The largest absolute Gasteiger partial charge is 0.490 e. The molecule has 8 nitrogen and oxygen atoms in total. The van der Waals surface area contributed by atoms with E-state index in [1.807, 2.05) is 62.4 Å². The van der Waals surface area contributed by atoms with Gasteiger partial charge < -0.3 is 29.2 Å². The van der Waals surface area contributed by atoms with Crippen LogP contribution in [0.2, 0.25) is 0 Å². The minimum atomic E-state index is -2.14. The lowest BCUT2D eigenvalue weighted by atomic mass is 9.75. The lowest BCUT2D eigenvalue weighted by Crippen LogP contribution is -2.66. The van der Waals surface area contributed by atoms with Crippen molar-refractivity contribution in [1.82, 2.24) is 0 Å². The zero-order valence-corrected chi connectivity index (χ0v) is 39.0. The first-order valence-corrected chi connectivity index (χ1v) is 24.7. The van der Waals surface area contributed by atoms with E-state index in [0.29, 0.717) is 62.2 Å². The molecule has 62 heavy (non-hydrogen) atoms. The van der Waals surface area contributed by atoms with Crippen molar-refractivity contribution in [3.8, 4) is 11.5 Å². The molecule has 0 spiro atoms. The number of rotatable bonds is 31. The highest BCUT2D eigenvalue weighted by Gasteiger charge is 2.63. The fraction of sp³-hybridized carbons (Fsp3) is 0.667. The van der Waals surface area contributed by atoms with Crippen molar-refractivity contribution >= 4 is 11.9 Å². The summed E-state index contributed by atoms with van der Waals surface area (Å²) in [6, 6.07) is 14.8. The minimum Gasteiger partial charge on any atom is -0.490 e. The van der Waals surface area contributed by atoms with Crippen molar-refractivity contribution in [3.05, 3.63) is 84.0 Å². The lowest BCUT2D eigenvalue weighted by molar-refractivity contribution is -0.241. The quantitative estimate of drug-likeness (QED) is 0.0570. The fourth-order valence-electron chi connectivity index (χ4n) is 9.58. The topological polar surface area (TPSA) is 112 Å². The molecule has 0 radical (unpaired) electrons. The second-order valence-electron chi connectivity index (χ2n) is 18.4. The predicted octanol–water partition coefficient (Wildman–Crippen LogP) is 14.1. The first-order valence-electron chi connectivity index (χ1n) is 24.7. The number of carboxylic acid groups (broad SMARTS) is 2. The van der Waals surface area contributed by atoms with Crippen LogP contribution in [0.15, 0.2) is 72.8 Å². The van der Waals surface area contributed by atoms with E-state index in [2.05, 4.69) is 38.2 Å². The molecular formula is C54H82O8. The Kier molecular flexibility index (Phi) is 23.2. The first-order chi connectivity index (χ1) is 30.2. The normalized spacial score (nSPS) is 21.4. The van der Waals surface area contributed by atoms with Crippen LogP contribution >= 0.6 is 0 Å². The Labute approximate surface area is 375 Å². The average Bonchev–Trinajstić information content (AvgIpc) is 3.29. The van der Waals surface area contributed by atoms with Gasteiger partial charge >= 0.3 is 11.9 Å². The summed E-state index contributed by atoms with van der Waals surface area (Å²) >= 11 is 0. The number of ether oxygens (including phenoxy) is 4. The summed E-state index contributed by atoms with van der Waals surface area (Å²) in [4.78, 5) is 27.0. The van der Waals surface area contributed by atoms with Gasteiger partial charge in [-0.05, 0) is 123 Å². The Morgan fingerprint density at radius 1 is 0.532 bits per heavy atom. The standard InChI is InChI=1S/C54H82O8/c1-5-9-13-17-43-21-25-45(26-22-43)19-15-39-59-49-33-29-47(30-34-49)41-61-53(51(55)56,37-11-7-3)54(52(57)58,38-12-8-4)62-42-48-31-35-50(36-32-48)60-40-16-20-46-27-23-44(24-28-46)18-14-10-6-2/h15-16,19-20,29-36,43-46H,5-14,17-18,21-28,37-42H2,1-4H3,(H,55,56)(H,57,58)/t43?,44?,45?,46?,53-,54-/m0/s1. The molecule has 0 aliphatic heterocycles. The summed E-state index contributed by atoms with van der Waals surface area (Å²) in [5, 5.41) is 22.0. The van der Waals surface area contributed by atoms with Gasteiger partial charge in [-0.2, -0.15) is 0 Å². The Morgan fingerprint density at radius 3 is 1.21 bits per heavy atom. The molecule has 8 heteroatoms. The predicted molar refractivity (Wildman–Crippen MR) is 251 cm³/mol. The molecule has 2 aromatic rings. The SMILES string of the molecule is CCCCCC1CCC(C=CCOc2ccc(CO[C@@](CCCC)(C(=O)O)[C@@](CCCC)(OCc3ccc(OCC=CC4CCC(CCCCC)CC4)cc3)C(=O)O)cc2)CC1. The van der Waals surface area contributed by atoms with Crippen LogP contribution in [0.1, 0.15) is 180 Å². The van der Waals surface area contributed by atoms with Crippen LogP contribution in [0.25, 0.3) is 0 Å². The van der Waals surface area contributed by atoms with Gasteiger partial charge in [0.1, 0.15) is 24.7 Å². The third kappa shape index (κ3) is 16.2. The molecule has 0 bridgehead atoms. The maximum Gasteiger partial charge on any atom is 0.339 e. The van der Waals surface area contributed by atoms with Crippen LogP contribution in [-0.4, -0.2) is 46.6 Å². The number of hydrogen-bond acceptors (Lipinski definition) is 6. The molecule has 2 saturated carbocycles. The Hall–Kier alpha value is -3.62. The zero-order chi connectivity index (χ0) is 44.5. The molecule has 2 aromatic carbocycles. The molecule has 2 aliphatic carbocycles. The van der Waals surface area contributed by atoms with Crippen LogP contribution in [-0.2, 0) is 32.3 Å². The Bertz CT molecular complexity index is 1470. The molecular weight excluding hydrogens is 777 g/mol. The average molecular weight is 859 g/mol. The van der Waals surface area contributed by atoms with Crippen LogP contribution in [0.3, 0.4) is 0 Å². The number of unbranched alkanes of at least 4 members (excludes halogenated alkanes) is 6. The van der Waals surface area contributed by atoms with E-state index in [4.69, 9.17) is 18.9 Å². The van der Waals surface area contributed by atoms with E-state index < -0.39 is 23.1 Å². The van der Waals surface area contributed by atoms with Gasteiger partial charge in [0, 0.05) is 0 Å². The second kappa shape index (κ2) is 28.2. The van der Waals surface area contributed by atoms with Crippen LogP contribution in [0.4, 0.5) is 0 Å². The van der Waals surface area contributed by atoms with E-state index in [1.165, 1.54) is 103 Å². The third-order valence-electron chi connectivity index (χ3n) is 13.6. The van der Waals surface area contributed by atoms with E-state index in [1.54, 1.807) is 0 Å². The summed E-state index contributed by atoms with van der Waals surface area (Å²) in [5.41, 5.74) is -2.84. The van der Waals surface area contributed by atoms with Crippen LogP contribution < -0.4 is 9.47 Å². The molecule has 2 N–H and O–H groups in total. The molecule has 0 aromatic heterocycles. The maximum atomic E-state index is 13.5. The van der Waals surface area contributed by atoms with E-state index in [-0.39, 0.29) is 26.1 Å². The number of aliphatic carboxylic acids is 2. The monoisotopic (exact) mass is 859 g/mol. The van der Waals surface area contributed by atoms with Crippen LogP contribution in [0.5, 0.6) is 11.5 Å². The zero-order valence-electron chi connectivity index (χ0n) is 39.0. The van der Waals surface area contributed by atoms with Gasteiger partial charge in [-0.25, -0.2) is 9.59 Å². The van der Waals surface area contributed by atoms with Gasteiger partial charge in [0.25, 0.3) is 0 Å². The van der Waals surface area contributed by atoms with E-state index in [9.17, 15) is 19.8 Å². The summed E-state index contributed by atoms with van der Waals surface area (Å²) in [7, 11) is 0. The van der Waals surface area contributed by atoms with Crippen molar-refractivity contribution in [3.63, 3.8) is 0 Å². The fourth-order valence-corrected chi connectivity index (χ4v) is 9.58. The Balaban J connectivity index is 1.34. The second-order valence-corrected chi connectivity index (χ2v) is 18.4. The van der Waals surface area contributed by atoms with Crippen molar-refractivity contribution < 1.29 is 38.7 Å². The third-order valence-corrected chi connectivity index (χ3v) is 13.6. The van der Waals surface area contributed by atoms with Gasteiger partial charge in [0.2, 0.25) is 11.2 Å². The molecule has 4 rings (SSSR count). The summed E-state index contributed by atoms with van der Waals surface area (Å²) < 4.78 is 24.8. The number of allylic oxidation sites excluding steroid dienone is 2. The van der Waals surface area contributed by atoms with E-state index in [0.717, 1.165) is 23.0 Å². The van der Waals surface area contributed by atoms with Gasteiger partial charge in [-0.1, -0.05) is 153 Å². The highest BCUT2D eigenvalue weighted by molar-refractivity contribution is 5.91. The van der Waals surface area contributed by atoms with Gasteiger partial charge in [0.15, 0.2) is 0 Å². The van der Waals surface area contributed by atoms with Crippen molar-refractivity contribution in [2.75, 3.05) is 13.2 Å². The van der Waals surface area contributed by atoms with Crippen LogP contribution in [0, 0.1) is 23.7 Å². The highest BCUT2D eigenvalue weighted by Crippen LogP contribution is 2.42. The van der Waals surface area contributed by atoms with Gasteiger partial charge in [0.05, 0.1) is 13.2 Å². The molecule has 2 atom stereocenters. The lowest BCUT2D eigenvalue weighted by Gasteiger charge is -2.44. The summed E-state index contributed by atoms with van der Waals surface area (Å²) in [5.74, 6) is 1.77. The van der Waals surface area contributed by atoms with Crippen molar-refractivity contribution in [2.45, 2.75) is 193 Å². The molecule has 2 aliphatic rings. The van der Waals surface area contributed by atoms with Gasteiger partial charge in [-0.15, -0.1) is 0 Å². The molecule has 346 valence electrons. The molecule has 0 saturated heterocycles. The number of hydrogen-bond donors (Lipinski definition) is 2. The number of carboxylic acids is 2. The summed E-state index contributed by atoms with van der Waals surface area (Å²) in [6.07, 6.45) is 32.2. The summed E-state index contributed by atoms with van der Waals surface area (Å²) in [6.45, 7) is 9.21. The molecule has 2 fully saturated rings. The molecule has 0 heterocycles. The number of carbonyl (C=O) groups is 2. The smallest absolute Gasteiger partial charge is 0.339 e. The Morgan fingerprint density at radius 2 is 0.887 bits per heavy atom.